The maximum absolute atomic E-state index is 6.28. The van der Waals surface area contributed by atoms with Gasteiger partial charge in [-0.3, -0.25) is 4.90 Å². The third-order valence-electron chi connectivity index (χ3n) is 5.24. The first-order valence-electron chi connectivity index (χ1n) is 8.31. The van der Waals surface area contributed by atoms with Crippen LogP contribution in [0.5, 0.6) is 5.75 Å². The maximum atomic E-state index is 6.28. The van der Waals surface area contributed by atoms with Crippen LogP contribution in [0.2, 0.25) is 0 Å². The highest BCUT2D eigenvalue weighted by atomic mass is 16.5. The van der Waals surface area contributed by atoms with Gasteiger partial charge in [0.05, 0.1) is 0 Å². The smallest absolute Gasteiger partial charge is 0.122 e. The first kappa shape index (κ1) is 14.9. The monoisotopic (exact) mass is 288 g/mol. The van der Waals surface area contributed by atoms with E-state index in [4.69, 9.17) is 10.5 Å². The molecule has 0 aromatic heterocycles. The minimum absolute atomic E-state index is 0.425. The molecule has 1 aliphatic carbocycles. The fourth-order valence-corrected chi connectivity index (χ4v) is 3.94. The van der Waals surface area contributed by atoms with Crippen LogP contribution in [-0.2, 0) is 0 Å². The lowest BCUT2D eigenvalue weighted by molar-refractivity contribution is 0.228. The van der Waals surface area contributed by atoms with Crippen LogP contribution in [0.3, 0.4) is 0 Å². The Kier molecular flexibility index (Phi) is 4.51. The maximum Gasteiger partial charge on any atom is 0.122 e. The van der Waals surface area contributed by atoms with Crippen LogP contribution < -0.4 is 10.5 Å². The summed E-state index contributed by atoms with van der Waals surface area (Å²) in [6.07, 6.45) is 3.90. The number of ether oxygens (including phenoxy) is 1. The normalized spacial score (nSPS) is 29.4. The Morgan fingerprint density at radius 1 is 1.24 bits per heavy atom. The van der Waals surface area contributed by atoms with E-state index in [9.17, 15) is 0 Å². The Bertz CT molecular complexity index is 488. The van der Waals surface area contributed by atoms with Crippen LogP contribution in [0.4, 0.5) is 0 Å². The van der Waals surface area contributed by atoms with Crippen molar-refractivity contribution in [2.24, 2.45) is 17.6 Å². The summed E-state index contributed by atoms with van der Waals surface area (Å²) >= 11 is 0. The number of nitrogens with zero attached hydrogens (tertiary/aromatic N) is 1. The standard InChI is InChI=1S/C18H28N2O/c1-13-6-7-14(2)18(10-13)21-9-8-20-11-15-4-3-5-17(19)16(15)12-20/h6-7,10,15-17H,3-5,8-9,11-12,19H2,1-2H3. The van der Waals surface area contributed by atoms with Crippen molar-refractivity contribution in [3.63, 3.8) is 0 Å². The third-order valence-corrected chi connectivity index (χ3v) is 5.24. The second-order valence-corrected chi connectivity index (χ2v) is 6.90. The number of aryl methyl sites for hydroxylation is 2. The van der Waals surface area contributed by atoms with Crippen molar-refractivity contribution in [2.45, 2.75) is 39.2 Å². The Hall–Kier alpha value is -1.06. The first-order chi connectivity index (χ1) is 10.1. The second-order valence-electron chi connectivity index (χ2n) is 6.90. The fraction of sp³-hybridized carbons (Fsp3) is 0.667. The molecule has 3 unspecified atom stereocenters. The van der Waals surface area contributed by atoms with E-state index in [-0.39, 0.29) is 0 Å². The zero-order chi connectivity index (χ0) is 14.8. The summed E-state index contributed by atoms with van der Waals surface area (Å²) in [6.45, 7) is 8.40. The van der Waals surface area contributed by atoms with Gasteiger partial charge in [0.25, 0.3) is 0 Å². The lowest BCUT2D eigenvalue weighted by atomic mass is 9.78. The van der Waals surface area contributed by atoms with Gasteiger partial charge in [0, 0.05) is 25.7 Å². The van der Waals surface area contributed by atoms with Gasteiger partial charge in [-0.1, -0.05) is 18.6 Å². The van der Waals surface area contributed by atoms with Gasteiger partial charge >= 0.3 is 0 Å². The van der Waals surface area contributed by atoms with Crippen LogP contribution in [0.25, 0.3) is 0 Å². The number of nitrogens with two attached hydrogens (primary N) is 1. The molecule has 0 bridgehead atoms. The van der Waals surface area contributed by atoms with Crippen molar-refractivity contribution in [3.05, 3.63) is 29.3 Å². The van der Waals surface area contributed by atoms with E-state index in [0.717, 1.165) is 30.7 Å². The number of rotatable bonds is 4. The van der Waals surface area contributed by atoms with E-state index < -0.39 is 0 Å². The van der Waals surface area contributed by atoms with Crippen LogP contribution in [0, 0.1) is 25.7 Å². The van der Waals surface area contributed by atoms with Crippen molar-refractivity contribution in [1.82, 2.24) is 4.90 Å². The Balaban J connectivity index is 1.49. The molecule has 2 fully saturated rings. The number of likely N-dealkylation sites (tertiary alicyclic amines) is 1. The van der Waals surface area contributed by atoms with Gasteiger partial charge in [-0.25, -0.2) is 0 Å². The summed E-state index contributed by atoms with van der Waals surface area (Å²) in [5, 5.41) is 0. The quantitative estimate of drug-likeness (QED) is 0.926. The van der Waals surface area contributed by atoms with Gasteiger partial charge in [-0.15, -0.1) is 0 Å². The molecule has 116 valence electrons. The van der Waals surface area contributed by atoms with Gasteiger partial charge in [-0.2, -0.15) is 0 Å². The fourth-order valence-electron chi connectivity index (χ4n) is 3.94. The Morgan fingerprint density at radius 3 is 2.90 bits per heavy atom. The molecule has 1 saturated carbocycles. The van der Waals surface area contributed by atoms with Crippen LogP contribution >= 0.6 is 0 Å². The van der Waals surface area contributed by atoms with Crippen molar-refractivity contribution in [3.8, 4) is 5.75 Å². The molecule has 3 heteroatoms. The molecule has 0 amide bonds. The predicted octanol–water partition coefficient (Wildman–Crippen LogP) is 2.74. The van der Waals surface area contributed by atoms with E-state index >= 15 is 0 Å². The highest BCUT2D eigenvalue weighted by Gasteiger charge is 2.38. The third kappa shape index (κ3) is 3.41. The van der Waals surface area contributed by atoms with E-state index in [0.29, 0.717) is 6.04 Å². The molecule has 3 nitrogen and oxygen atoms in total. The van der Waals surface area contributed by atoms with Gasteiger partial charge in [0.1, 0.15) is 12.4 Å². The summed E-state index contributed by atoms with van der Waals surface area (Å²) in [5.74, 6) is 2.58. The van der Waals surface area contributed by atoms with Crippen LogP contribution in [-0.4, -0.2) is 37.2 Å². The molecule has 1 heterocycles. The highest BCUT2D eigenvalue weighted by Crippen LogP contribution is 2.35. The van der Waals surface area contributed by atoms with E-state index in [1.807, 2.05) is 0 Å². The average Bonchev–Trinajstić information content (AvgIpc) is 2.87. The Morgan fingerprint density at radius 2 is 2.10 bits per heavy atom. The lowest BCUT2D eigenvalue weighted by Gasteiger charge is -2.29. The molecule has 0 spiro atoms. The molecule has 1 aromatic rings. The van der Waals surface area contributed by atoms with Gasteiger partial charge in [-0.05, 0) is 55.7 Å². The largest absolute Gasteiger partial charge is 0.492 e. The molecule has 3 rings (SSSR count). The number of fused-ring (bicyclic) bond motifs is 1. The summed E-state index contributed by atoms with van der Waals surface area (Å²) < 4.78 is 5.99. The predicted molar refractivity (Wildman–Crippen MR) is 86.7 cm³/mol. The molecule has 2 N–H and O–H groups in total. The number of hydrogen-bond acceptors (Lipinski definition) is 3. The summed E-state index contributed by atoms with van der Waals surface area (Å²) in [5.41, 5.74) is 8.76. The summed E-state index contributed by atoms with van der Waals surface area (Å²) in [4.78, 5) is 2.55. The van der Waals surface area contributed by atoms with Crippen molar-refractivity contribution >= 4 is 0 Å². The molecule has 3 atom stereocenters. The number of hydrogen-bond donors (Lipinski definition) is 1. The van der Waals surface area contributed by atoms with Crippen molar-refractivity contribution in [1.29, 1.82) is 0 Å². The Labute approximate surface area is 128 Å². The summed E-state index contributed by atoms with van der Waals surface area (Å²) in [6, 6.07) is 6.83. The second kappa shape index (κ2) is 6.37. The van der Waals surface area contributed by atoms with E-state index in [2.05, 4.69) is 36.9 Å². The first-order valence-corrected chi connectivity index (χ1v) is 8.31. The molecule has 1 aliphatic heterocycles. The van der Waals surface area contributed by atoms with E-state index in [1.165, 1.54) is 43.5 Å². The van der Waals surface area contributed by atoms with Crippen molar-refractivity contribution < 1.29 is 4.74 Å². The molecule has 0 radical (unpaired) electrons. The molecule has 2 aliphatic rings. The molecule has 1 aromatic carbocycles. The number of benzene rings is 1. The van der Waals surface area contributed by atoms with Gasteiger partial charge in [0.2, 0.25) is 0 Å². The SMILES string of the molecule is Cc1ccc(C)c(OCCN2CC3CCCC(N)C3C2)c1. The topological polar surface area (TPSA) is 38.5 Å². The van der Waals surface area contributed by atoms with Gasteiger partial charge in [0.15, 0.2) is 0 Å². The molecular weight excluding hydrogens is 260 g/mol. The lowest BCUT2D eigenvalue weighted by Crippen LogP contribution is -2.38. The van der Waals surface area contributed by atoms with Gasteiger partial charge < -0.3 is 10.5 Å². The molecule has 21 heavy (non-hydrogen) atoms. The minimum atomic E-state index is 0.425. The minimum Gasteiger partial charge on any atom is -0.492 e. The van der Waals surface area contributed by atoms with Crippen molar-refractivity contribution in [2.75, 3.05) is 26.2 Å². The zero-order valence-electron chi connectivity index (χ0n) is 13.3. The molecular formula is C18H28N2O. The zero-order valence-corrected chi connectivity index (χ0v) is 13.3. The highest BCUT2D eigenvalue weighted by molar-refractivity contribution is 5.35. The van der Waals surface area contributed by atoms with E-state index in [1.54, 1.807) is 0 Å². The summed E-state index contributed by atoms with van der Waals surface area (Å²) in [7, 11) is 0. The van der Waals surface area contributed by atoms with Crippen LogP contribution in [0.15, 0.2) is 18.2 Å². The molecule has 1 saturated heterocycles. The average molecular weight is 288 g/mol. The van der Waals surface area contributed by atoms with Crippen LogP contribution in [0.1, 0.15) is 30.4 Å².